The van der Waals surface area contributed by atoms with Crippen molar-refractivity contribution in [2.75, 3.05) is 26.7 Å². The number of aromatic nitrogens is 2. The lowest BCUT2D eigenvalue weighted by Gasteiger charge is -2.19. The summed E-state index contributed by atoms with van der Waals surface area (Å²) < 4.78 is 5.22. The molecular formula is C16H23N5O2. The molecule has 0 fully saturated rings. The summed E-state index contributed by atoms with van der Waals surface area (Å²) in [5.74, 6) is 0.765. The number of nitrogens with one attached hydrogen (secondary N) is 1. The van der Waals surface area contributed by atoms with Crippen LogP contribution in [0.1, 0.15) is 17.3 Å². The van der Waals surface area contributed by atoms with Crippen LogP contribution < -0.4 is 11.1 Å². The number of nitrogens with two attached hydrogens (primary N) is 1. The lowest BCUT2D eigenvalue weighted by Crippen LogP contribution is -2.31. The molecule has 0 spiro atoms. The Bertz CT molecular complexity index is 600. The maximum Gasteiger partial charge on any atom is 0.240 e. The maximum absolute atomic E-state index is 11.3. The number of nitrogens with zero attached hydrogens (tertiary/aromatic N) is 3. The molecular weight excluding hydrogens is 294 g/mol. The largest absolute Gasteiger partial charge is 0.359 e. The van der Waals surface area contributed by atoms with Crippen molar-refractivity contribution < 1.29 is 9.32 Å². The van der Waals surface area contributed by atoms with Crippen molar-refractivity contribution in [1.29, 1.82) is 0 Å². The first-order valence-corrected chi connectivity index (χ1v) is 7.69. The molecule has 0 aliphatic rings. The molecule has 0 atom stereocenters. The van der Waals surface area contributed by atoms with E-state index >= 15 is 0 Å². The lowest BCUT2D eigenvalue weighted by atomic mass is 10.1. The Morgan fingerprint density at radius 1 is 1.30 bits per heavy atom. The van der Waals surface area contributed by atoms with E-state index in [1.165, 1.54) is 5.56 Å². The smallest absolute Gasteiger partial charge is 0.240 e. The summed E-state index contributed by atoms with van der Waals surface area (Å²) in [6, 6.07) is 10.3. The topological polar surface area (TPSA) is 97.3 Å². The molecule has 1 aromatic heterocycles. The summed E-state index contributed by atoms with van der Waals surface area (Å²) in [5.41, 5.74) is 6.96. The van der Waals surface area contributed by atoms with Crippen LogP contribution in [-0.4, -0.2) is 47.6 Å². The number of likely N-dealkylation sites (N-methyl/N-ethyl adjacent to an activating group) is 1. The summed E-state index contributed by atoms with van der Waals surface area (Å²) in [5, 5.41) is 6.37. The van der Waals surface area contributed by atoms with E-state index in [-0.39, 0.29) is 12.3 Å². The fraction of sp³-hybridized carbons (Fsp3) is 0.438. The van der Waals surface area contributed by atoms with Crippen molar-refractivity contribution in [3.8, 4) is 0 Å². The summed E-state index contributed by atoms with van der Waals surface area (Å²) in [6.45, 7) is 2.70. The van der Waals surface area contributed by atoms with Gasteiger partial charge in [-0.1, -0.05) is 35.5 Å². The molecule has 0 unspecified atom stereocenters. The third kappa shape index (κ3) is 5.80. The molecule has 0 saturated heterocycles. The SMILES string of the molecule is CNC(=O)Cc1noc(CN(CCN)CCc2ccccc2)n1. The average Bonchev–Trinajstić information content (AvgIpc) is 3.00. The Morgan fingerprint density at radius 2 is 2.09 bits per heavy atom. The van der Waals surface area contributed by atoms with Crippen molar-refractivity contribution in [2.45, 2.75) is 19.4 Å². The van der Waals surface area contributed by atoms with Gasteiger partial charge in [0.05, 0.1) is 13.0 Å². The van der Waals surface area contributed by atoms with Crippen LogP contribution >= 0.6 is 0 Å². The van der Waals surface area contributed by atoms with E-state index in [2.05, 4.69) is 32.5 Å². The monoisotopic (exact) mass is 317 g/mol. The summed E-state index contributed by atoms with van der Waals surface area (Å²) in [7, 11) is 1.58. The highest BCUT2D eigenvalue weighted by Gasteiger charge is 2.13. The third-order valence-corrected chi connectivity index (χ3v) is 3.47. The minimum atomic E-state index is -0.139. The van der Waals surface area contributed by atoms with E-state index < -0.39 is 0 Å². The highest BCUT2D eigenvalue weighted by atomic mass is 16.5. The van der Waals surface area contributed by atoms with Gasteiger partial charge in [-0.25, -0.2) is 0 Å². The van der Waals surface area contributed by atoms with E-state index in [1.54, 1.807) is 7.05 Å². The predicted octanol–water partition coefficient (Wildman–Crippen LogP) is 0.362. The number of carbonyl (C=O) groups excluding carboxylic acids is 1. The first-order valence-electron chi connectivity index (χ1n) is 7.69. The fourth-order valence-corrected chi connectivity index (χ4v) is 2.23. The van der Waals surface area contributed by atoms with Gasteiger partial charge in [0.25, 0.3) is 0 Å². The molecule has 2 rings (SSSR count). The van der Waals surface area contributed by atoms with E-state index in [4.69, 9.17) is 10.3 Å². The van der Waals surface area contributed by atoms with Gasteiger partial charge >= 0.3 is 0 Å². The first kappa shape index (κ1) is 17.1. The van der Waals surface area contributed by atoms with Gasteiger partial charge in [-0.15, -0.1) is 0 Å². The lowest BCUT2D eigenvalue weighted by molar-refractivity contribution is -0.120. The Morgan fingerprint density at radius 3 is 2.78 bits per heavy atom. The van der Waals surface area contributed by atoms with Gasteiger partial charge in [0.1, 0.15) is 0 Å². The highest BCUT2D eigenvalue weighted by molar-refractivity contribution is 5.77. The van der Waals surface area contributed by atoms with Crippen molar-refractivity contribution in [1.82, 2.24) is 20.4 Å². The van der Waals surface area contributed by atoms with Gasteiger partial charge < -0.3 is 15.6 Å². The number of hydrogen-bond donors (Lipinski definition) is 2. The van der Waals surface area contributed by atoms with Gasteiger partial charge in [-0.05, 0) is 12.0 Å². The molecule has 0 saturated carbocycles. The Balaban J connectivity index is 1.89. The van der Waals surface area contributed by atoms with Gasteiger partial charge in [0, 0.05) is 26.7 Å². The molecule has 7 nitrogen and oxygen atoms in total. The number of rotatable bonds is 9. The molecule has 23 heavy (non-hydrogen) atoms. The van der Waals surface area contributed by atoms with Crippen LogP contribution in [0, 0.1) is 0 Å². The highest BCUT2D eigenvalue weighted by Crippen LogP contribution is 2.06. The van der Waals surface area contributed by atoms with Crippen LogP contribution in [0.5, 0.6) is 0 Å². The van der Waals surface area contributed by atoms with E-state index in [9.17, 15) is 4.79 Å². The predicted molar refractivity (Wildman–Crippen MR) is 86.5 cm³/mol. The van der Waals surface area contributed by atoms with Crippen molar-refractivity contribution in [2.24, 2.45) is 5.73 Å². The van der Waals surface area contributed by atoms with Crippen LogP contribution in [-0.2, 0) is 24.2 Å². The van der Waals surface area contributed by atoms with Gasteiger partial charge in [0.2, 0.25) is 11.8 Å². The van der Waals surface area contributed by atoms with Crippen LogP contribution in [0.4, 0.5) is 0 Å². The van der Waals surface area contributed by atoms with Gasteiger partial charge in [0.15, 0.2) is 5.82 Å². The van der Waals surface area contributed by atoms with Crippen LogP contribution in [0.25, 0.3) is 0 Å². The standard InChI is InChI=1S/C16H23N5O2/c1-18-15(22)11-14-19-16(23-20-14)12-21(10-8-17)9-7-13-5-3-2-4-6-13/h2-6H,7-12,17H2,1H3,(H,18,22). The van der Waals surface area contributed by atoms with Crippen molar-refractivity contribution in [3.05, 3.63) is 47.6 Å². The van der Waals surface area contributed by atoms with Gasteiger partial charge in [-0.3, -0.25) is 9.69 Å². The Hall–Kier alpha value is -2.25. The molecule has 1 aromatic carbocycles. The maximum atomic E-state index is 11.3. The van der Waals surface area contributed by atoms with Crippen LogP contribution in [0.3, 0.4) is 0 Å². The van der Waals surface area contributed by atoms with Crippen molar-refractivity contribution in [3.63, 3.8) is 0 Å². The van der Waals surface area contributed by atoms with Crippen LogP contribution in [0.15, 0.2) is 34.9 Å². The molecule has 0 radical (unpaired) electrons. The minimum Gasteiger partial charge on any atom is -0.359 e. The third-order valence-electron chi connectivity index (χ3n) is 3.47. The van der Waals surface area contributed by atoms with Crippen LogP contribution in [0.2, 0.25) is 0 Å². The second kappa shape index (κ2) is 9.02. The summed E-state index contributed by atoms with van der Waals surface area (Å²) in [4.78, 5) is 17.7. The molecule has 1 amide bonds. The molecule has 7 heteroatoms. The summed E-state index contributed by atoms with van der Waals surface area (Å²) >= 11 is 0. The normalized spacial score (nSPS) is 10.9. The molecule has 0 aliphatic carbocycles. The Labute approximate surface area is 135 Å². The molecule has 0 aliphatic heterocycles. The zero-order valence-electron chi connectivity index (χ0n) is 13.4. The molecule has 124 valence electrons. The molecule has 2 aromatic rings. The fourth-order valence-electron chi connectivity index (χ4n) is 2.23. The number of hydrogen-bond acceptors (Lipinski definition) is 6. The Kier molecular flexibility index (Phi) is 6.71. The number of carbonyl (C=O) groups is 1. The van der Waals surface area contributed by atoms with E-state index in [0.717, 1.165) is 19.5 Å². The quantitative estimate of drug-likeness (QED) is 0.693. The summed E-state index contributed by atoms with van der Waals surface area (Å²) in [6.07, 6.45) is 1.06. The molecule has 3 N–H and O–H groups in total. The zero-order chi connectivity index (χ0) is 16.5. The molecule has 1 heterocycles. The average molecular weight is 317 g/mol. The van der Waals surface area contributed by atoms with Gasteiger partial charge in [-0.2, -0.15) is 4.98 Å². The minimum absolute atomic E-state index is 0.126. The van der Waals surface area contributed by atoms with Crippen molar-refractivity contribution >= 4 is 5.91 Å². The second-order valence-corrected chi connectivity index (χ2v) is 5.25. The number of benzene rings is 1. The molecule has 0 bridgehead atoms. The van der Waals surface area contributed by atoms with E-state index in [0.29, 0.717) is 24.8 Å². The zero-order valence-corrected chi connectivity index (χ0v) is 13.4. The second-order valence-electron chi connectivity index (χ2n) is 5.25. The first-order chi connectivity index (χ1) is 11.2. The number of amides is 1. The van der Waals surface area contributed by atoms with E-state index in [1.807, 2.05) is 18.2 Å².